The van der Waals surface area contributed by atoms with Gasteiger partial charge in [-0.3, -0.25) is 0 Å². The minimum Gasteiger partial charge on any atom is -0.497 e. The Morgan fingerprint density at radius 2 is 2.23 bits per heavy atom. The molecular formula is C11H13BrO. The molecule has 1 aliphatic rings. The van der Waals surface area contributed by atoms with E-state index in [9.17, 15) is 0 Å². The molecule has 0 amide bonds. The Balaban J connectivity index is 2.30. The van der Waals surface area contributed by atoms with E-state index in [0.29, 0.717) is 5.41 Å². The molecule has 0 N–H and O–H groups in total. The molecular weight excluding hydrogens is 228 g/mol. The predicted octanol–water partition coefficient (Wildman–Crippen LogP) is 3.12. The number of rotatable bonds is 3. The second-order valence-electron chi connectivity index (χ2n) is 3.65. The zero-order valence-corrected chi connectivity index (χ0v) is 9.30. The molecule has 0 aliphatic heterocycles. The lowest BCUT2D eigenvalue weighted by atomic mass is 9.98. The first kappa shape index (κ1) is 9.07. The number of ether oxygens (including phenoxy) is 1. The van der Waals surface area contributed by atoms with Crippen molar-refractivity contribution in [3.8, 4) is 5.75 Å². The number of hydrogen-bond acceptors (Lipinski definition) is 1. The molecule has 1 aromatic carbocycles. The molecule has 0 atom stereocenters. The maximum atomic E-state index is 5.21. The lowest BCUT2D eigenvalue weighted by molar-refractivity contribution is 0.414. The molecule has 0 radical (unpaired) electrons. The summed E-state index contributed by atoms with van der Waals surface area (Å²) < 4.78 is 5.21. The van der Waals surface area contributed by atoms with Crippen LogP contribution in [-0.4, -0.2) is 12.4 Å². The number of alkyl halides is 1. The average Bonchev–Trinajstić information content (AvgIpc) is 2.99. The molecule has 1 nitrogen and oxygen atoms in total. The van der Waals surface area contributed by atoms with Crippen LogP contribution in [-0.2, 0) is 5.41 Å². The summed E-state index contributed by atoms with van der Waals surface area (Å²) >= 11 is 3.58. The molecule has 0 unspecified atom stereocenters. The molecule has 0 aromatic heterocycles. The Morgan fingerprint density at radius 3 is 2.77 bits per heavy atom. The van der Waals surface area contributed by atoms with Gasteiger partial charge in [0.05, 0.1) is 7.11 Å². The van der Waals surface area contributed by atoms with Crippen molar-refractivity contribution in [3.05, 3.63) is 29.8 Å². The minimum absolute atomic E-state index is 0.411. The van der Waals surface area contributed by atoms with Gasteiger partial charge in [0.15, 0.2) is 0 Å². The average molecular weight is 241 g/mol. The van der Waals surface area contributed by atoms with Gasteiger partial charge in [0, 0.05) is 10.7 Å². The highest BCUT2D eigenvalue weighted by Crippen LogP contribution is 2.49. The van der Waals surface area contributed by atoms with Gasteiger partial charge >= 0.3 is 0 Å². The zero-order valence-electron chi connectivity index (χ0n) is 7.72. The largest absolute Gasteiger partial charge is 0.497 e. The van der Waals surface area contributed by atoms with Crippen molar-refractivity contribution in [1.82, 2.24) is 0 Å². The molecule has 2 heteroatoms. The maximum absolute atomic E-state index is 5.21. The SMILES string of the molecule is COc1cccc(C2(CBr)CC2)c1. The molecule has 1 aromatic rings. The van der Waals surface area contributed by atoms with E-state index in [4.69, 9.17) is 4.74 Å². The number of hydrogen-bond donors (Lipinski definition) is 0. The normalized spacial score (nSPS) is 18.3. The van der Waals surface area contributed by atoms with Gasteiger partial charge in [-0.15, -0.1) is 0 Å². The maximum Gasteiger partial charge on any atom is 0.119 e. The van der Waals surface area contributed by atoms with Gasteiger partial charge in [0.25, 0.3) is 0 Å². The Hall–Kier alpha value is -0.500. The smallest absolute Gasteiger partial charge is 0.119 e. The summed E-state index contributed by atoms with van der Waals surface area (Å²) in [5, 5.41) is 1.06. The van der Waals surface area contributed by atoms with Crippen LogP contribution in [0.2, 0.25) is 0 Å². The van der Waals surface area contributed by atoms with E-state index in [-0.39, 0.29) is 0 Å². The van der Waals surface area contributed by atoms with E-state index in [2.05, 4.69) is 34.1 Å². The van der Waals surface area contributed by atoms with Crippen molar-refractivity contribution < 1.29 is 4.74 Å². The van der Waals surface area contributed by atoms with Crippen LogP contribution in [0.25, 0.3) is 0 Å². The van der Waals surface area contributed by atoms with E-state index in [0.717, 1.165) is 11.1 Å². The van der Waals surface area contributed by atoms with Gasteiger partial charge in [-0.25, -0.2) is 0 Å². The zero-order chi connectivity index (χ0) is 9.31. The standard InChI is InChI=1S/C11H13BrO/c1-13-10-4-2-3-9(7-10)11(8-12)5-6-11/h2-4,7H,5-6,8H2,1H3. The summed E-state index contributed by atoms with van der Waals surface area (Å²) in [4.78, 5) is 0. The third-order valence-corrected chi connectivity index (χ3v) is 3.86. The van der Waals surface area contributed by atoms with E-state index in [1.54, 1.807) is 7.11 Å². The molecule has 0 heterocycles. The monoisotopic (exact) mass is 240 g/mol. The van der Waals surface area contributed by atoms with Gasteiger partial charge in [-0.1, -0.05) is 28.1 Å². The van der Waals surface area contributed by atoms with Crippen molar-refractivity contribution in [1.29, 1.82) is 0 Å². The molecule has 1 aliphatic carbocycles. The Morgan fingerprint density at radius 1 is 1.46 bits per heavy atom. The summed E-state index contributed by atoms with van der Waals surface area (Å²) in [5.74, 6) is 0.963. The van der Waals surface area contributed by atoms with Crippen LogP contribution < -0.4 is 4.74 Å². The molecule has 0 bridgehead atoms. The fourth-order valence-corrected chi connectivity index (χ4v) is 2.49. The van der Waals surface area contributed by atoms with E-state index in [1.807, 2.05) is 6.07 Å². The fraction of sp³-hybridized carbons (Fsp3) is 0.455. The van der Waals surface area contributed by atoms with Crippen LogP contribution in [0.4, 0.5) is 0 Å². The Bertz CT molecular complexity index is 305. The van der Waals surface area contributed by atoms with Crippen molar-refractivity contribution in [3.63, 3.8) is 0 Å². The van der Waals surface area contributed by atoms with Crippen molar-refractivity contribution in [2.45, 2.75) is 18.3 Å². The first-order chi connectivity index (χ1) is 6.30. The topological polar surface area (TPSA) is 9.23 Å². The van der Waals surface area contributed by atoms with Gasteiger partial charge in [0.1, 0.15) is 5.75 Å². The lowest BCUT2D eigenvalue weighted by Gasteiger charge is -2.12. The first-order valence-corrected chi connectivity index (χ1v) is 5.63. The summed E-state index contributed by atoms with van der Waals surface area (Å²) in [7, 11) is 1.72. The summed E-state index contributed by atoms with van der Waals surface area (Å²) in [6.45, 7) is 0. The third kappa shape index (κ3) is 1.60. The third-order valence-electron chi connectivity index (χ3n) is 2.79. The van der Waals surface area contributed by atoms with Crippen LogP contribution in [0.5, 0.6) is 5.75 Å². The number of halogens is 1. The molecule has 0 saturated heterocycles. The number of benzene rings is 1. The first-order valence-electron chi connectivity index (χ1n) is 4.51. The quantitative estimate of drug-likeness (QED) is 0.739. The highest BCUT2D eigenvalue weighted by Gasteiger charge is 2.43. The van der Waals surface area contributed by atoms with Crippen LogP contribution >= 0.6 is 15.9 Å². The molecule has 70 valence electrons. The van der Waals surface area contributed by atoms with Crippen LogP contribution in [0.1, 0.15) is 18.4 Å². The van der Waals surface area contributed by atoms with Crippen LogP contribution in [0, 0.1) is 0 Å². The minimum atomic E-state index is 0.411. The van der Waals surface area contributed by atoms with Crippen molar-refractivity contribution in [2.75, 3.05) is 12.4 Å². The van der Waals surface area contributed by atoms with Gasteiger partial charge in [-0.05, 0) is 30.5 Å². The molecule has 2 rings (SSSR count). The summed E-state index contributed by atoms with van der Waals surface area (Å²) in [6.07, 6.45) is 2.59. The molecule has 0 spiro atoms. The number of methoxy groups -OCH3 is 1. The molecule has 1 saturated carbocycles. The van der Waals surface area contributed by atoms with Gasteiger partial charge in [-0.2, -0.15) is 0 Å². The van der Waals surface area contributed by atoms with Crippen molar-refractivity contribution in [2.24, 2.45) is 0 Å². The molecule has 1 fully saturated rings. The van der Waals surface area contributed by atoms with Crippen molar-refractivity contribution >= 4 is 15.9 Å². The van der Waals surface area contributed by atoms with Crippen LogP contribution in [0.15, 0.2) is 24.3 Å². The van der Waals surface area contributed by atoms with E-state index < -0.39 is 0 Å². The van der Waals surface area contributed by atoms with E-state index >= 15 is 0 Å². The second-order valence-corrected chi connectivity index (χ2v) is 4.21. The van der Waals surface area contributed by atoms with Gasteiger partial charge < -0.3 is 4.74 Å². The lowest BCUT2D eigenvalue weighted by Crippen LogP contribution is -2.07. The highest BCUT2D eigenvalue weighted by atomic mass is 79.9. The van der Waals surface area contributed by atoms with Crippen LogP contribution in [0.3, 0.4) is 0 Å². The Labute approximate surface area is 87.2 Å². The fourth-order valence-electron chi connectivity index (χ4n) is 1.60. The predicted molar refractivity (Wildman–Crippen MR) is 57.7 cm³/mol. The van der Waals surface area contributed by atoms with E-state index in [1.165, 1.54) is 18.4 Å². The van der Waals surface area contributed by atoms with Gasteiger partial charge in [0.2, 0.25) is 0 Å². The molecule has 13 heavy (non-hydrogen) atoms. The summed E-state index contributed by atoms with van der Waals surface area (Å²) in [6, 6.07) is 8.40. The second kappa shape index (κ2) is 3.33. The Kier molecular flexibility index (Phi) is 2.33. The summed E-state index contributed by atoms with van der Waals surface area (Å²) in [5.41, 5.74) is 1.82. The highest BCUT2D eigenvalue weighted by molar-refractivity contribution is 9.09.